The Bertz CT molecular complexity index is 275. The summed E-state index contributed by atoms with van der Waals surface area (Å²) in [7, 11) is 0. The Hall–Kier alpha value is -0.280. The number of hydrogen-bond acceptors (Lipinski definition) is 2. The van der Waals surface area contributed by atoms with E-state index in [4.69, 9.17) is 0 Å². The van der Waals surface area contributed by atoms with Crippen molar-refractivity contribution < 1.29 is 4.79 Å². The predicted molar refractivity (Wildman–Crippen MR) is 77.1 cm³/mol. The molecule has 0 bridgehead atoms. The van der Waals surface area contributed by atoms with Crippen molar-refractivity contribution in [2.45, 2.75) is 46.0 Å². The van der Waals surface area contributed by atoms with Gasteiger partial charge in [-0.05, 0) is 50.0 Å². The molecular formula is C14H27ClN2O. The molecule has 2 fully saturated rings. The average Bonchev–Trinajstić information content (AvgIpc) is 3.07. The van der Waals surface area contributed by atoms with Crippen LogP contribution in [-0.2, 0) is 4.79 Å². The van der Waals surface area contributed by atoms with Gasteiger partial charge in [0.1, 0.15) is 0 Å². The number of amides is 1. The van der Waals surface area contributed by atoms with E-state index in [1.807, 2.05) is 0 Å². The number of nitrogens with zero attached hydrogens (tertiary/aromatic N) is 1. The molecule has 4 heteroatoms. The fourth-order valence-electron chi connectivity index (χ4n) is 2.79. The van der Waals surface area contributed by atoms with Crippen molar-refractivity contribution in [2.75, 3.05) is 26.2 Å². The molecule has 1 amide bonds. The van der Waals surface area contributed by atoms with Gasteiger partial charge in [-0.3, -0.25) is 4.79 Å². The van der Waals surface area contributed by atoms with E-state index < -0.39 is 0 Å². The van der Waals surface area contributed by atoms with Crippen LogP contribution in [0.25, 0.3) is 0 Å². The number of likely N-dealkylation sites (tertiary alicyclic amines) is 1. The molecule has 0 aromatic rings. The van der Waals surface area contributed by atoms with Gasteiger partial charge < -0.3 is 10.2 Å². The van der Waals surface area contributed by atoms with Gasteiger partial charge in [0, 0.05) is 13.1 Å². The summed E-state index contributed by atoms with van der Waals surface area (Å²) in [5, 5.41) is 3.30. The molecule has 1 aliphatic heterocycles. The first-order chi connectivity index (χ1) is 8.19. The Morgan fingerprint density at radius 3 is 2.50 bits per heavy atom. The summed E-state index contributed by atoms with van der Waals surface area (Å²) < 4.78 is 0. The molecular weight excluding hydrogens is 248 g/mol. The minimum atomic E-state index is 0. The lowest BCUT2D eigenvalue weighted by Gasteiger charge is -2.26. The maximum Gasteiger partial charge on any atom is 0.236 e. The van der Waals surface area contributed by atoms with Gasteiger partial charge >= 0.3 is 0 Å². The Kier molecular flexibility index (Phi) is 5.93. The molecule has 2 rings (SSSR count). The summed E-state index contributed by atoms with van der Waals surface area (Å²) in [6.45, 7) is 8.02. The molecule has 1 aliphatic carbocycles. The molecule has 18 heavy (non-hydrogen) atoms. The molecule has 0 unspecified atom stereocenters. The minimum Gasteiger partial charge on any atom is -0.341 e. The van der Waals surface area contributed by atoms with Crippen LogP contribution in [0, 0.1) is 11.3 Å². The van der Waals surface area contributed by atoms with Crippen molar-refractivity contribution >= 4 is 18.3 Å². The smallest absolute Gasteiger partial charge is 0.236 e. The largest absolute Gasteiger partial charge is 0.341 e. The van der Waals surface area contributed by atoms with E-state index in [-0.39, 0.29) is 12.4 Å². The van der Waals surface area contributed by atoms with Crippen molar-refractivity contribution in [1.82, 2.24) is 10.2 Å². The third-order valence-corrected chi connectivity index (χ3v) is 4.70. The monoisotopic (exact) mass is 274 g/mol. The van der Waals surface area contributed by atoms with Gasteiger partial charge in [-0.2, -0.15) is 0 Å². The number of rotatable bonds is 6. The lowest BCUT2D eigenvalue weighted by atomic mass is 9.82. The Balaban J connectivity index is 0.00000162. The van der Waals surface area contributed by atoms with Crippen LogP contribution in [0.1, 0.15) is 46.0 Å². The van der Waals surface area contributed by atoms with Crippen LogP contribution in [0.3, 0.4) is 0 Å². The van der Waals surface area contributed by atoms with Crippen molar-refractivity contribution in [3.8, 4) is 0 Å². The third kappa shape index (κ3) is 3.86. The highest BCUT2D eigenvalue weighted by molar-refractivity contribution is 5.85. The summed E-state index contributed by atoms with van der Waals surface area (Å²) >= 11 is 0. The summed E-state index contributed by atoms with van der Waals surface area (Å²) in [6, 6.07) is 0. The summed E-state index contributed by atoms with van der Waals surface area (Å²) in [5.74, 6) is 1.15. The van der Waals surface area contributed by atoms with Crippen LogP contribution >= 0.6 is 12.4 Å². The summed E-state index contributed by atoms with van der Waals surface area (Å²) in [4.78, 5) is 14.1. The van der Waals surface area contributed by atoms with Crippen molar-refractivity contribution in [1.29, 1.82) is 0 Å². The Morgan fingerprint density at radius 2 is 2.00 bits per heavy atom. The lowest BCUT2D eigenvalue weighted by molar-refractivity contribution is -0.129. The Labute approximate surface area is 117 Å². The molecule has 0 radical (unpaired) electrons. The molecule has 0 aromatic heterocycles. The van der Waals surface area contributed by atoms with Crippen molar-refractivity contribution in [2.24, 2.45) is 11.3 Å². The third-order valence-electron chi connectivity index (χ3n) is 4.70. The highest BCUT2D eigenvalue weighted by atomic mass is 35.5. The quantitative estimate of drug-likeness (QED) is 0.807. The average molecular weight is 275 g/mol. The van der Waals surface area contributed by atoms with Gasteiger partial charge in [0.15, 0.2) is 0 Å². The lowest BCUT2D eigenvalue weighted by Crippen LogP contribution is -2.38. The zero-order valence-corrected chi connectivity index (χ0v) is 12.5. The molecule has 0 spiro atoms. The second-order valence-corrected chi connectivity index (χ2v) is 5.85. The predicted octanol–water partition coefficient (Wildman–Crippen LogP) is 2.45. The highest BCUT2D eigenvalue weighted by Crippen LogP contribution is 2.36. The standard InChI is InChI=1S/C14H26N2O.ClH/c1-3-14(4-2)7-8-16(11-14)13(17)10-15-9-12-5-6-12;/h12,15H,3-11H2,1-2H3;1H. The number of carbonyl (C=O) groups excluding carboxylic acids is 1. The van der Waals surface area contributed by atoms with Gasteiger partial charge in [0.05, 0.1) is 6.54 Å². The molecule has 1 saturated heterocycles. The van der Waals surface area contributed by atoms with Gasteiger partial charge in [-0.25, -0.2) is 0 Å². The van der Waals surface area contributed by atoms with Gasteiger partial charge in [0.25, 0.3) is 0 Å². The second kappa shape index (κ2) is 6.76. The van der Waals surface area contributed by atoms with Gasteiger partial charge in [-0.1, -0.05) is 13.8 Å². The zero-order valence-electron chi connectivity index (χ0n) is 11.7. The summed E-state index contributed by atoms with van der Waals surface area (Å²) in [5.41, 5.74) is 0.409. The van der Waals surface area contributed by atoms with E-state index in [0.717, 1.165) is 25.6 Å². The SMILES string of the molecule is CCC1(CC)CCN(C(=O)CNCC2CC2)C1.Cl. The normalized spacial score (nSPS) is 21.8. The number of nitrogens with one attached hydrogen (secondary N) is 1. The van der Waals surface area contributed by atoms with Crippen LogP contribution in [0.5, 0.6) is 0 Å². The molecule has 106 valence electrons. The van der Waals surface area contributed by atoms with Crippen LogP contribution in [0.2, 0.25) is 0 Å². The van der Waals surface area contributed by atoms with E-state index in [0.29, 0.717) is 17.9 Å². The minimum absolute atomic E-state index is 0. The zero-order chi connectivity index (χ0) is 12.3. The molecule has 1 N–H and O–H groups in total. The molecule has 2 aliphatic rings. The fraction of sp³-hybridized carbons (Fsp3) is 0.929. The van der Waals surface area contributed by atoms with Crippen molar-refractivity contribution in [3.63, 3.8) is 0 Å². The molecule has 3 nitrogen and oxygen atoms in total. The van der Waals surface area contributed by atoms with Crippen LogP contribution in [0.4, 0.5) is 0 Å². The topological polar surface area (TPSA) is 32.3 Å². The summed E-state index contributed by atoms with van der Waals surface area (Å²) in [6.07, 6.45) is 6.28. The van der Waals surface area contributed by atoms with E-state index in [9.17, 15) is 4.79 Å². The first-order valence-electron chi connectivity index (χ1n) is 7.17. The number of hydrogen-bond donors (Lipinski definition) is 1. The van der Waals surface area contributed by atoms with E-state index in [2.05, 4.69) is 24.1 Å². The van der Waals surface area contributed by atoms with Gasteiger partial charge in [0.2, 0.25) is 5.91 Å². The second-order valence-electron chi connectivity index (χ2n) is 5.85. The first kappa shape index (κ1) is 15.8. The first-order valence-corrected chi connectivity index (χ1v) is 7.17. The molecule has 0 aromatic carbocycles. The fourth-order valence-corrected chi connectivity index (χ4v) is 2.79. The van der Waals surface area contributed by atoms with Gasteiger partial charge in [-0.15, -0.1) is 12.4 Å². The molecule has 1 heterocycles. The Morgan fingerprint density at radius 1 is 1.33 bits per heavy atom. The number of carbonyl (C=O) groups is 1. The van der Waals surface area contributed by atoms with Crippen LogP contribution in [-0.4, -0.2) is 37.0 Å². The molecule has 0 atom stereocenters. The maximum absolute atomic E-state index is 12.0. The van der Waals surface area contributed by atoms with E-state index >= 15 is 0 Å². The highest BCUT2D eigenvalue weighted by Gasteiger charge is 2.36. The van der Waals surface area contributed by atoms with E-state index in [1.165, 1.54) is 32.1 Å². The van der Waals surface area contributed by atoms with Crippen LogP contribution < -0.4 is 5.32 Å². The van der Waals surface area contributed by atoms with Crippen LogP contribution in [0.15, 0.2) is 0 Å². The van der Waals surface area contributed by atoms with E-state index in [1.54, 1.807) is 0 Å². The maximum atomic E-state index is 12.0. The van der Waals surface area contributed by atoms with Crippen molar-refractivity contribution in [3.05, 3.63) is 0 Å². The number of halogens is 1. The molecule has 1 saturated carbocycles.